The highest BCUT2D eigenvalue weighted by Crippen LogP contribution is 2.06. The maximum Gasteiger partial charge on any atom is 0.238 e. The van der Waals surface area contributed by atoms with Crippen LogP contribution in [-0.2, 0) is 0 Å². The summed E-state index contributed by atoms with van der Waals surface area (Å²) < 4.78 is 22.8. The predicted molar refractivity (Wildman–Crippen MR) is 33.3 cm³/mol. The van der Waals surface area contributed by atoms with E-state index in [4.69, 9.17) is 6.58 Å². The minimum atomic E-state index is -2.15. The van der Waals surface area contributed by atoms with Crippen LogP contribution in [0.5, 0.6) is 0 Å². The van der Waals surface area contributed by atoms with Crippen LogP contribution in [0, 0.1) is 6.58 Å². The molecule has 0 atom stereocenters. The number of allylic oxidation sites excluding steroid dienone is 1. The Morgan fingerprint density at radius 1 is 1.33 bits per heavy atom. The molecular formula is C7H11F2. The SMILES string of the molecule is [CH]=CCCCCC(F)F. The number of hydrogen-bond acceptors (Lipinski definition) is 0. The van der Waals surface area contributed by atoms with Crippen LogP contribution in [0.25, 0.3) is 0 Å². The summed E-state index contributed by atoms with van der Waals surface area (Å²) in [5, 5.41) is 0. The van der Waals surface area contributed by atoms with Gasteiger partial charge in [0.25, 0.3) is 0 Å². The lowest BCUT2D eigenvalue weighted by Gasteiger charge is -1.95. The van der Waals surface area contributed by atoms with Crippen LogP contribution in [0.4, 0.5) is 8.78 Å². The zero-order valence-corrected chi connectivity index (χ0v) is 5.32. The second kappa shape index (κ2) is 5.73. The Bertz CT molecular complexity index is 69.3. The van der Waals surface area contributed by atoms with Gasteiger partial charge in [-0.2, -0.15) is 0 Å². The minimum absolute atomic E-state index is 0.00778. The zero-order valence-electron chi connectivity index (χ0n) is 5.32. The molecule has 0 aromatic heterocycles. The molecule has 0 N–H and O–H groups in total. The Labute approximate surface area is 54.6 Å². The Kier molecular flexibility index (Phi) is 5.48. The molecular weight excluding hydrogens is 122 g/mol. The van der Waals surface area contributed by atoms with Crippen molar-refractivity contribution in [1.82, 2.24) is 0 Å². The normalized spacial score (nSPS) is 10.1. The van der Waals surface area contributed by atoms with Crippen molar-refractivity contribution in [1.29, 1.82) is 0 Å². The topological polar surface area (TPSA) is 0 Å². The molecule has 0 aliphatic carbocycles. The summed E-state index contributed by atoms with van der Waals surface area (Å²) in [4.78, 5) is 0. The Hall–Kier alpha value is -0.400. The van der Waals surface area contributed by atoms with E-state index in [1.165, 1.54) is 6.08 Å². The van der Waals surface area contributed by atoms with Gasteiger partial charge in [0.2, 0.25) is 6.43 Å². The number of rotatable bonds is 5. The van der Waals surface area contributed by atoms with Crippen LogP contribution in [0.1, 0.15) is 25.7 Å². The fraction of sp³-hybridized carbons (Fsp3) is 0.714. The fourth-order valence-corrected chi connectivity index (χ4v) is 0.561. The van der Waals surface area contributed by atoms with Crippen molar-refractivity contribution in [2.45, 2.75) is 32.1 Å². The van der Waals surface area contributed by atoms with Crippen LogP contribution in [0.3, 0.4) is 0 Å². The van der Waals surface area contributed by atoms with Crippen molar-refractivity contribution in [2.75, 3.05) is 0 Å². The van der Waals surface area contributed by atoms with E-state index in [9.17, 15) is 8.78 Å². The first-order valence-electron chi connectivity index (χ1n) is 3.09. The average molecular weight is 133 g/mol. The second-order valence-corrected chi connectivity index (χ2v) is 1.91. The summed E-state index contributed by atoms with van der Waals surface area (Å²) >= 11 is 0. The van der Waals surface area contributed by atoms with E-state index in [0.717, 1.165) is 12.8 Å². The zero-order chi connectivity index (χ0) is 7.11. The van der Waals surface area contributed by atoms with Crippen LogP contribution in [0.2, 0.25) is 0 Å². The lowest BCUT2D eigenvalue weighted by molar-refractivity contribution is 0.134. The van der Waals surface area contributed by atoms with Crippen LogP contribution in [0.15, 0.2) is 6.08 Å². The molecule has 0 aliphatic heterocycles. The van der Waals surface area contributed by atoms with Crippen molar-refractivity contribution in [2.24, 2.45) is 0 Å². The van der Waals surface area contributed by atoms with Gasteiger partial charge in [-0.25, -0.2) is 8.78 Å². The first-order valence-corrected chi connectivity index (χ1v) is 3.09. The monoisotopic (exact) mass is 133 g/mol. The maximum absolute atomic E-state index is 11.4. The smallest absolute Gasteiger partial charge is 0.211 e. The van der Waals surface area contributed by atoms with E-state index in [2.05, 4.69) is 0 Å². The first kappa shape index (κ1) is 8.60. The highest BCUT2D eigenvalue weighted by Gasteiger charge is 1.99. The van der Waals surface area contributed by atoms with E-state index in [0.29, 0.717) is 6.42 Å². The summed E-state index contributed by atoms with van der Waals surface area (Å²) in [6, 6.07) is 0. The molecule has 53 valence electrons. The quantitative estimate of drug-likeness (QED) is 0.506. The van der Waals surface area contributed by atoms with Crippen LogP contribution >= 0.6 is 0 Å². The molecule has 0 aromatic rings. The van der Waals surface area contributed by atoms with Gasteiger partial charge in [0.15, 0.2) is 0 Å². The Balaban J connectivity index is 2.82. The lowest BCUT2D eigenvalue weighted by atomic mass is 10.2. The number of hydrogen-bond donors (Lipinski definition) is 0. The molecule has 0 spiro atoms. The Morgan fingerprint density at radius 2 is 2.00 bits per heavy atom. The molecule has 0 amide bonds. The summed E-state index contributed by atoms with van der Waals surface area (Å²) in [7, 11) is 0. The van der Waals surface area contributed by atoms with Gasteiger partial charge >= 0.3 is 0 Å². The lowest BCUT2D eigenvalue weighted by Crippen LogP contribution is -1.88. The molecule has 0 aromatic carbocycles. The van der Waals surface area contributed by atoms with Gasteiger partial charge in [-0.05, 0) is 19.3 Å². The van der Waals surface area contributed by atoms with Crippen molar-refractivity contribution < 1.29 is 8.78 Å². The van der Waals surface area contributed by atoms with Gasteiger partial charge in [-0.3, -0.25) is 0 Å². The van der Waals surface area contributed by atoms with E-state index < -0.39 is 6.43 Å². The average Bonchev–Trinajstić information content (AvgIpc) is 1.80. The standard InChI is InChI=1S/C7H11F2/c1-2-3-4-5-6-7(8)9/h1-2,7H,3-6H2. The third-order valence-corrected chi connectivity index (χ3v) is 1.04. The first-order chi connectivity index (χ1) is 4.27. The van der Waals surface area contributed by atoms with Gasteiger partial charge < -0.3 is 0 Å². The summed E-state index contributed by atoms with van der Waals surface area (Å²) in [5.74, 6) is 0. The van der Waals surface area contributed by atoms with Crippen molar-refractivity contribution in [3.05, 3.63) is 12.7 Å². The molecule has 0 heterocycles. The van der Waals surface area contributed by atoms with Gasteiger partial charge in [0.05, 0.1) is 0 Å². The van der Waals surface area contributed by atoms with Crippen LogP contribution in [-0.4, -0.2) is 6.43 Å². The number of halogens is 2. The van der Waals surface area contributed by atoms with E-state index in [1.54, 1.807) is 0 Å². The third-order valence-electron chi connectivity index (χ3n) is 1.04. The molecule has 0 aliphatic rings. The minimum Gasteiger partial charge on any atom is -0.211 e. The molecule has 1 radical (unpaired) electrons. The molecule has 2 heteroatoms. The molecule has 0 fully saturated rings. The number of alkyl halides is 2. The molecule has 9 heavy (non-hydrogen) atoms. The maximum atomic E-state index is 11.4. The summed E-state index contributed by atoms with van der Waals surface area (Å²) in [5.41, 5.74) is 0. The van der Waals surface area contributed by atoms with Gasteiger partial charge in [-0.1, -0.05) is 12.7 Å². The van der Waals surface area contributed by atoms with Crippen LogP contribution < -0.4 is 0 Å². The van der Waals surface area contributed by atoms with E-state index in [-0.39, 0.29) is 6.42 Å². The molecule has 0 bridgehead atoms. The van der Waals surface area contributed by atoms with E-state index >= 15 is 0 Å². The summed E-state index contributed by atoms with van der Waals surface area (Å²) in [6.45, 7) is 5.03. The second-order valence-electron chi connectivity index (χ2n) is 1.91. The van der Waals surface area contributed by atoms with Crippen molar-refractivity contribution in [3.8, 4) is 0 Å². The summed E-state index contributed by atoms with van der Waals surface area (Å²) in [6.07, 6.45) is 1.46. The number of unbranched alkanes of at least 4 members (excludes halogenated alkanes) is 2. The van der Waals surface area contributed by atoms with Crippen molar-refractivity contribution >= 4 is 0 Å². The molecule has 0 nitrogen and oxygen atoms in total. The van der Waals surface area contributed by atoms with E-state index in [1.807, 2.05) is 0 Å². The fourth-order valence-electron chi connectivity index (χ4n) is 0.561. The highest BCUT2D eigenvalue weighted by molar-refractivity contribution is 4.61. The molecule has 0 unspecified atom stereocenters. The highest BCUT2D eigenvalue weighted by atomic mass is 19.3. The largest absolute Gasteiger partial charge is 0.238 e. The predicted octanol–water partition coefficient (Wildman–Crippen LogP) is 2.80. The van der Waals surface area contributed by atoms with Gasteiger partial charge in [0, 0.05) is 6.42 Å². The molecule has 0 rings (SSSR count). The van der Waals surface area contributed by atoms with Gasteiger partial charge in [-0.15, -0.1) is 0 Å². The molecule has 0 saturated carbocycles. The third kappa shape index (κ3) is 7.60. The van der Waals surface area contributed by atoms with Crippen molar-refractivity contribution in [3.63, 3.8) is 0 Å². The van der Waals surface area contributed by atoms with Gasteiger partial charge in [0.1, 0.15) is 0 Å². The Morgan fingerprint density at radius 3 is 2.44 bits per heavy atom. The molecule has 0 saturated heterocycles.